The second kappa shape index (κ2) is 8.83. The minimum atomic E-state index is -1.32. The summed E-state index contributed by atoms with van der Waals surface area (Å²) < 4.78 is 10.2. The number of hydrogen-bond donors (Lipinski definition) is 2. The molecule has 0 aromatic heterocycles. The molecule has 0 aliphatic heterocycles. The van der Waals surface area contributed by atoms with Crippen LogP contribution in [0.4, 0.5) is 0 Å². The summed E-state index contributed by atoms with van der Waals surface area (Å²) in [5, 5.41) is 29.4. The second-order valence-electron chi connectivity index (χ2n) is 5.43. The highest BCUT2D eigenvalue weighted by atomic mass is 16.5. The van der Waals surface area contributed by atoms with Gasteiger partial charge < -0.3 is 19.7 Å². The number of carbonyl (C=O) groups is 1. The Kier molecular flexibility index (Phi) is 6.52. The third-order valence-corrected chi connectivity index (χ3v) is 3.67. The van der Waals surface area contributed by atoms with Crippen molar-refractivity contribution in [2.24, 2.45) is 0 Å². The van der Waals surface area contributed by atoms with Gasteiger partial charge in [-0.1, -0.05) is 36.4 Å². The van der Waals surface area contributed by atoms with Gasteiger partial charge in [0.25, 0.3) is 0 Å². The fourth-order valence-electron chi connectivity index (χ4n) is 2.26. The number of hydrogen-bond acceptors (Lipinski definition) is 6. The van der Waals surface area contributed by atoms with E-state index in [0.29, 0.717) is 16.9 Å². The Bertz CT molecular complexity index is 754. The summed E-state index contributed by atoms with van der Waals surface area (Å²) >= 11 is 0. The molecule has 6 nitrogen and oxygen atoms in total. The zero-order valence-electron chi connectivity index (χ0n) is 13.8. The quantitative estimate of drug-likeness (QED) is 0.748. The highest BCUT2D eigenvalue weighted by Gasteiger charge is 2.23. The average Bonchev–Trinajstić information content (AvgIpc) is 2.66. The average molecular weight is 341 g/mol. The number of benzene rings is 2. The number of nitriles is 1. The number of rotatable bonds is 7. The Morgan fingerprint density at radius 3 is 2.56 bits per heavy atom. The highest BCUT2D eigenvalue weighted by Crippen LogP contribution is 2.27. The number of aliphatic hydroxyl groups is 2. The van der Waals surface area contributed by atoms with E-state index >= 15 is 0 Å². The maximum absolute atomic E-state index is 11.2. The summed E-state index contributed by atoms with van der Waals surface area (Å²) in [5.74, 6) is -0.325. The molecule has 0 heterocycles. The molecule has 2 atom stereocenters. The van der Waals surface area contributed by atoms with E-state index in [1.54, 1.807) is 0 Å². The molecular formula is C19H19NO5. The predicted molar refractivity (Wildman–Crippen MR) is 89.5 cm³/mol. The fraction of sp³-hybridized carbons (Fsp3) is 0.263. The Hall–Kier alpha value is -2.88. The van der Waals surface area contributed by atoms with Crippen LogP contribution in [0.2, 0.25) is 0 Å². The first-order chi connectivity index (χ1) is 12.0. The molecule has 2 unspecified atom stereocenters. The van der Waals surface area contributed by atoms with Crippen LogP contribution < -0.4 is 4.74 Å². The van der Waals surface area contributed by atoms with Crippen LogP contribution in [0.5, 0.6) is 5.75 Å². The smallest absolute Gasteiger partial charge is 0.308 e. The molecular weight excluding hydrogens is 322 g/mol. The van der Waals surface area contributed by atoms with Crippen LogP contribution in [0, 0.1) is 11.3 Å². The van der Waals surface area contributed by atoms with Gasteiger partial charge >= 0.3 is 5.97 Å². The molecule has 0 saturated heterocycles. The van der Waals surface area contributed by atoms with Gasteiger partial charge in [-0.2, -0.15) is 5.26 Å². The van der Waals surface area contributed by atoms with E-state index in [9.17, 15) is 20.3 Å². The molecule has 0 bridgehead atoms. The zero-order valence-corrected chi connectivity index (χ0v) is 13.8. The first-order valence-corrected chi connectivity index (χ1v) is 7.69. The molecule has 0 fully saturated rings. The van der Waals surface area contributed by atoms with Gasteiger partial charge in [0.05, 0.1) is 25.2 Å². The Morgan fingerprint density at radius 1 is 1.20 bits per heavy atom. The minimum Gasteiger partial charge on any atom is -0.488 e. The van der Waals surface area contributed by atoms with Gasteiger partial charge in [-0.3, -0.25) is 4.79 Å². The monoisotopic (exact) mass is 341 g/mol. The number of methoxy groups -OCH3 is 1. The van der Waals surface area contributed by atoms with Crippen molar-refractivity contribution in [2.75, 3.05) is 7.11 Å². The van der Waals surface area contributed by atoms with Crippen molar-refractivity contribution in [1.82, 2.24) is 0 Å². The fourth-order valence-corrected chi connectivity index (χ4v) is 2.26. The van der Waals surface area contributed by atoms with E-state index in [1.165, 1.54) is 25.3 Å². The largest absolute Gasteiger partial charge is 0.488 e. The van der Waals surface area contributed by atoms with Crippen molar-refractivity contribution in [1.29, 1.82) is 5.26 Å². The van der Waals surface area contributed by atoms with E-state index in [4.69, 9.17) is 4.74 Å². The normalized spacial score (nSPS) is 12.7. The van der Waals surface area contributed by atoms with Crippen molar-refractivity contribution in [2.45, 2.75) is 25.2 Å². The number of esters is 1. The van der Waals surface area contributed by atoms with E-state index < -0.39 is 18.2 Å². The molecule has 2 aromatic carbocycles. The first-order valence-electron chi connectivity index (χ1n) is 7.69. The van der Waals surface area contributed by atoms with Gasteiger partial charge in [0.15, 0.2) is 0 Å². The number of nitrogens with zero attached hydrogens (tertiary/aromatic N) is 1. The van der Waals surface area contributed by atoms with Crippen LogP contribution in [-0.4, -0.2) is 29.4 Å². The topological polar surface area (TPSA) is 99.8 Å². The summed E-state index contributed by atoms with van der Waals surface area (Å²) in [6.07, 6.45) is -2.95. The second-order valence-corrected chi connectivity index (χ2v) is 5.43. The maximum atomic E-state index is 11.2. The van der Waals surface area contributed by atoms with Gasteiger partial charge in [0.1, 0.15) is 24.5 Å². The Labute approximate surface area is 145 Å². The number of ether oxygens (including phenoxy) is 2. The van der Waals surface area contributed by atoms with Crippen molar-refractivity contribution >= 4 is 5.97 Å². The van der Waals surface area contributed by atoms with Gasteiger partial charge in [-0.15, -0.1) is 0 Å². The third-order valence-electron chi connectivity index (χ3n) is 3.67. The molecule has 0 aliphatic rings. The SMILES string of the molecule is COC(=O)CC(O)C(O)c1ccc(C#N)c(OCc2ccccc2)c1. The minimum absolute atomic E-state index is 0.264. The van der Waals surface area contributed by atoms with E-state index in [2.05, 4.69) is 4.74 Å². The lowest BCUT2D eigenvalue weighted by molar-refractivity contribution is -0.144. The Balaban J connectivity index is 2.15. The van der Waals surface area contributed by atoms with Gasteiger partial charge in [0, 0.05) is 0 Å². The molecule has 0 spiro atoms. The van der Waals surface area contributed by atoms with Crippen LogP contribution in [0.3, 0.4) is 0 Å². The molecule has 0 aliphatic carbocycles. The van der Waals surface area contributed by atoms with Crippen molar-refractivity contribution in [3.63, 3.8) is 0 Å². The molecule has 0 saturated carbocycles. The van der Waals surface area contributed by atoms with Crippen LogP contribution in [0.15, 0.2) is 48.5 Å². The van der Waals surface area contributed by atoms with Crippen LogP contribution in [-0.2, 0) is 16.1 Å². The summed E-state index contributed by atoms with van der Waals surface area (Å²) in [5.41, 5.74) is 1.59. The van der Waals surface area contributed by atoms with Crippen molar-refractivity contribution in [3.8, 4) is 11.8 Å². The lowest BCUT2D eigenvalue weighted by atomic mass is 10.0. The van der Waals surface area contributed by atoms with Crippen LogP contribution in [0.1, 0.15) is 29.2 Å². The summed E-state index contributed by atoms with van der Waals surface area (Å²) in [6.45, 7) is 0.264. The van der Waals surface area contributed by atoms with Gasteiger partial charge in [-0.05, 0) is 23.3 Å². The van der Waals surface area contributed by atoms with Crippen molar-refractivity contribution < 1.29 is 24.5 Å². The van der Waals surface area contributed by atoms with Crippen LogP contribution in [0.25, 0.3) is 0 Å². The number of aliphatic hydroxyl groups excluding tert-OH is 2. The molecule has 6 heteroatoms. The molecule has 2 rings (SSSR count). The Morgan fingerprint density at radius 2 is 1.92 bits per heavy atom. The van der Waals surface area contributed by atoms with Crippen LogP contribution >= 0.6 is 0 Å². The summed E-state index contributed by atoms with van der Waals surface area (Å²) in [4.78, 5) is 11.2. The first kappa shape index (κ1) is 18.5. The molecule has 0 amide bonds. The van der Waals surface area contributed by atoms with Crippen molar-refractivity contribution in [3.05, 3.63) is 65.2 Å². The summed E-state index contributed by atoms with van der Waals surface area (Å²) in [7, 11) is 1.21. The standard InChI is InChI=1S/C19H19NO5/c1-24-18(22)10-16(21)19(23)14-7-8-15(11-20)17(9-14)25-12-13-5-3-2-4-6-13/h2-9,16,19,21,23H,10,12H2,1H3. The lowest BCUT2D eigenvalue weighted by Gasteiger charge is -2.18. The molecule has 130 valence electrons. The highest BCUT2D eigenvalue weighted by molar-refractivity contribution is 5.69. The third kappa shape index (κ3) is 5.05. The predicted octanol–water partition coefficient (Wildman–Crippen LogP) is 2.09. The van der Waals surface area contributed by atoms with E-state index in [-0.39, 0.29) is 13.0 Å². The zero-order chi connectivity index (χ0) is 18.2. The van der Waals surface area contributed by atoms with E-state index in [1.807, 2.05) is 36.4 Å². The maximum Gasteiger partial charge on any atom is 0.308 e. The molecule has 25 heavy (non-hydrogen) atoms. The molecule has 0 radical (unpaired) electrons. The molecule has 2 aromatic rings. The molecule has 2 N–H and O–H groups in total. The van der Waals surface area contributed by atoms with E-state index in [0.717, 1.165) is 5.56 Å². The number of carbonyl (C=O) groups excluding carboxylic acids is 1. The van der Waals surface area contributed by atoms with Gasteiger partial charge in [0.2, 0.25) is 0 Å². The van der Waals surface area contributed by atoms with Gasteiger partial charge in [-0.25, -0.2) is 0 Å². The lowest BCUT2D eigenvalue weighted by Crippen LogP contribution is -2.22. The summed E-state index contributed by atoms with van der Waals surface area (Å²) in [6, 6.07) is 16.0.